The molecule has 0 bridgehead atoms. The van der Waals surface area contributed by atoms with Crippen LogP contribution in [0.5, 0.6) is 0 Å². The van der Waals surface area contributed by atoms with Crippen LogP contribution in [0.2, 0.25) is 0 Å². The highest BCUT2D eigenvalue weighted by Gasteiger charge is 2.39. The van der Waals surface area contributed by atoms with Crippen LogP contribution in [0, 0.1) is 98.8 Å². The van der Waals surface area contributed by atoms with Gasteiger partial charge in [0.05, 0.1) is 22.1 Å². The summed E-state index contributed by atoms with van der Waals surface area (Å²) in [7, 11) is 0. The van der Waals surface area contributed by atoms with Crippen molar-refractivity contribution in [2.75, 3.05) is 0 Å². The minimum absolute atomic E-state index is 0.200. The Morgan fingerprint density at radius 3 is 1.04 bits per heavy atom. The summed E-state index contributed by atoms with van der Waals surface area (Å²) in [6.07, 6.45) is 47.9. The summed E-state index contributed by atoms with van der Waals surface area (Å²) >= 11 is 0. The maximum atomic E-state index is 6.18. The molecule has 16 aromatic carbocycles. The van der Waals surface area contributed by atoms with Gasteiger partial charge >= 0.3 is 0 Å². The Morgan fingerprint density at radius 1 is 0.205 bits per heavy atom. The molecule has 612 valence electrons. The fourth-order valence-electron chi connectivity index (χ4n) is 19.6. The number of terminal acetylenes is 8. The minimum atomic E-state index is -0.201. The smallest absolute Gasteiger partial charge is 0.238 e. The van der Waals surface area contributed by atoms with E-state index in [9.17, 15) is 0 Å². The van der Waals surface area contributed by atoms with E-state index in [1.807, 2.05) is 164 Å². The quantitative estimate of drug-likeness (QED) is 0.113. The van der Waals surface area contributed by atoms with Gasteiger partial charge in [0.1, 0.15) is 0 Å². The van der Waals surface area contributed by atoms with E-state index in [4.69, 9.17) is 81.3 Å². The van der Waals surface area contributed by atoms with Crippen molar-refractivity contribution in [3.63, 3.8) is 0 Å². The van der Waals surface area contributed by atoms with Crippen molar-refractivity contribution in [2.24, 2.45) is 0 Å². The minimum Gasteiger partial charge on any atom is -0.278 e. The Kier molecular flexibility index (Phi) is 19.9. The van der Waals surface area contributed by atoms with Crippen LogP contribution in [0.3, 0.4) is 0 Å². The molecule has 0 atom stereocenters. The van der Waals surface area contributed by atoms with Crippen molar-refractivity contribution in [1.29, 1.82) is 0 Å². The van der Waals surface area contributed by atoms with Gasteiger partial charge in [-0.3, -0.25) is 9.13 Å². The van der Waals surface area contributed by atoms with Crippen LogP contribution in [0.15, 0.2) is 340 Å². The van der Waals surface area contributed by atoms with Crippen LogP contribution >= 0.6 is 0 Å². The molecule has 0 spiro atoms. The van der Waals surface area contributed by atoms with E-state index in [1.165, 1.54) is 44.5 Å². The number of rotatable bonds is 12. The van der Waals surface area contributed by atoms with E-state index in [0.29, 0.717) is 79.7 Å². The number of para-hydroxylation sites is 2. The van der Waals surface area contributed by atoms with E-state index in [2.05, 4.69) is 260 Å². The SMILES string of the molecule is C#Cc1ccc(-c2cccc(-c3ccc(C#C)c(C#C)c3)c2-c2cccc(-c3nc(-c4ccccc4)nc(-n4c5ccccc5c5cc6c(cc54)C(C)(C)c4ccccc4-6)n3)c2)cc1C#C.C#Cc1cccc(-c2ccc(-c3cccc(C#C)c3C#C)c(-c3cccc(-c4nc(-c5ccccc5)nc(-n5c6ccccc6c6cc7c(cc65)C(C)(C)c5ccccc5-7)n4)c3)c2)c1C#C. The van der Waals surface area contributed by atoms with E-state index >= 15 is 0 Å². The Balaban J connectivity index is 0.000000159. The zero-order valence-electron chi connectivity index (χ0n) is 72.5. The third-order valence-electron chi connectivity index (χ3n) is 26.0. The first-order valence-corrected chi connectivity index (χ1v) is 43.4. The predicted octanol–water partition coefficient (Wildman–Crippen LogP) is 27.1. The van der Waals surface area contributed by atoms with Gasteiger partial charge in [0, 0.05) is 99.1 Å². The number of benzene rings is 16. The number of hydrogen-bond acceptors (Lipinski definition) is 6. The van der Waals surface area contributed by atoms with E-state index < -0.39 is 0 Å². The van der Waals surface area contributed by atoms with Crippen LogP contribution in [-0.2, 0) is 10.8 Å². The molecule has 22 rings (SSSR count). The molecule has 4 heterocycles. The molecular formula is C124H76N8. The average Bonchev–Trinajstić information content (AvgIpc) is 1.56. The molecule has 0 N–H and O–H groups in total. The fourth-order valence-corrected chi connectivity index (χ4v) is 19.6. The molecule has 8 heteroatoms. The summed E-state index contributed by atoms with van der Waals surface area (Å²) in [5.41, 5.74) is 33.4. The van der Waals surface area contributed by atoms with Gasteiger partial charge in [0.15, 0.2) is 23.3 Å². The second-order valence-corrected chi connectivity index (χ2v) is 34.0. The Labute approximate surface area is 767 Å². The zero-order chi connectivity index (χ0) is 90.2. The lowest BCUT2D eigenvalue weighted by Crippen LogP contribution is -2.15. The molecule has 4 aromatic heterocycles. The molecule has 0 amide bonds. The van der Waals surface area contributed by atoms with E-state index in [-0.39, 0.29) is 10.8 Å². The largest absolute Gasteiger partial charge is 0.278 e. The van der Waals surface area contributed by atoms with Crippen LogP contribution < -0.4 is 0 Å². The van der Waals surface area contributed by atoms with Gasteiger partial charge < -0.3 is 0 Å². The molecule has 0 unspecified atom stereocenters. The molecule has 0 fully saturated rings. The first-order valence-electron chi connectivity index (χ1n) is 43.4. The first-order chi connectivity index (χ1) is 64.6. The molecule has 0 saturated carbocycles. The van der Waals surface area contributed by atoms with Gasteiger partial charge in [0.25, 0.3) is 0 Å². The number of hydrogen-bond donors (Lipinski definition) is 0. The monoisotopic (exact) mass is 1680 g/mol. The Hall–Kier alpha value is -18.4. The van der Waals surface area contributed by atoms with Crippen molar-refractivity contribution < 1.29 is 0 Å². The van der Waals surface area contributed by atoms with Crippen LogP contribution in [0.4, 0.5) is 0 Å². The third-order valence-corrected chi connectivity index (χ3v) is 26.0. The van der Waals surface area contributed by atoms with Crippen LogP contribution in [0.1, 0.15) is 94.5 Å². The molecule has 0 radical (unpaired) electrons. The predicted molar refractivity (Wildman–Crippen MR) is 541 cm³/mol. The summed E-state index contributed by atoms with van der Waals surface area (Å²) in [6.45, 7) is 9.23. The average molecular weight is 1680 g/mol. The van der Waals surface area contributed by atoms with E-state index in [0.717, 1.165) is 133 Å². The molecule has 132 heavy (non-hydrogen) atoms. The molecule has 20 aromatic rings. The lowest BCUT2D eigenvalue weighted by molar-refractivity contribution is 0.660. The first kappa shape index (κ1) is 80.7. The summed E-state index contributed by atoms with van der Waals surface area (Å²) in [5, 5.41) is 4.52. The summed E-state index contributed by atoms with van der Waals surface area (Å²) in [4.78, 5) is 31.7. The van der Waals surface area contributed by atoms with Crippen molar-refractivity contribution in [3.05, 3.63) is 406 Å². The fraction of sp³-hybridized carbons (Fsp3) is 0.0484. The van der Waals surface area contributed by atoms with Gasteiger partial charge in [0.2, 0.25) is 11.9 Å². The van der Waals surface area contributed by atoms with E-state index in [1.54, 1.807) is 0 Å². The second kappa shape index (κ2) is 32.6. The number of aromatic nitrogens is 8. The Morgan fingerprint density at radius 2 is 0.561 bits per heavy atom. The summed E-state index contributed by atoms with van der Waals surface area (Å²) < 4.78 is 4.39. The van der Waals surface area contributed by atoms with Gasteiger partial charge in [-0.15, -0.1) is 51.4 Å². The van der Waals surface area contributed by atoms with Crippen molar-refractivity contribution in [2.45, 2.75) is 38.5 Å². The lowest BCUT2D eigenvalue weighted by Gasteiger charge is -2.21. The van der Waals surface area contributed by atoms with Gasteiger partial charge in [-0.05, 0) is 202 Å². The highest BCUT2D eigenvalue weighted by molar-refractivity contribution is 6.13. The molecule has 2 aliphatic rings. The topological polar surface area (TPSA) is 87.2 Å². The second-order valence-electron chi connectivity index (χ2n) is 34.0. The van der Waals surface area contributed by atoms with Crippen molar-refractivity contribution in [1.82, 2.24) is 39.0 Å². The molecule has 0 saturated heterocycles. The Bertz CT molecular complexity index is 8590. The molecule has 8 nitrogen and oxygen atoms in total. The van der Waals surface area contributed by atoms with Crippen molar-refractivity contribution in [3.8, 4) is 245 Å². The maximum Gasteiger partial charge on any atom is 0.238 e. The van der Waals surface area contributed by atoms with Crippen molar-refractivity contribution >= 4 is 43.6 Å². The number of fused-ring (bicyclic) bond motifs is 12. The summed E-state index contributed by atoms with van der Waals surface area (Å²) in [6, 6.07) is 116. The van der Waals surface area contributed by atoms with Crippen LogP contribution in [0.25, 0.3) is 190 Å². The summed E-state index contributed by atoms with van der Waals surface area (Å²) in [5.74, 6) is 25.5. The van der Waals surface area contributed by atoms with Crippen LogP contribution in [-0.4, -0.2) is 39.0 Å². The zero-order valence-corrected chi connectivity index (χ0v) is 72.5. The number of nitrogens with zero attached hydrogens (tertiary/aromatic N) is 8. The van der Waals surface area contributed by atoms with Gasteiger partial charge in [-0.1, -0.05) is 324 Å². The van der Waals surface area contributed by atoms with Gasteiger partial charge in [-0.25, -0.2) is 9.97 Å². The van der Waals surface area contributed by atoms with Gasteiger partial charge in [-0.2, -0.15) is 19.9 Å². The molecule has 2 aliphatic carbocycles. The standard InChI is InChI=1S/2C62H38N4/c1-7-39-23-19-29-47(45(39)9-3)43-33-34-49(48-30-20-24-40(8-2)46(48)10-4)52(36-43)42-25-18-26-44(35-42)60-63-59(41-21-12-11-13-22-41)64-61(65-60)66-57-32-17-15-28-51(57)54-37-53-50-27-14-16-31-55(50)62(5,6)56(53)38-58(54)66;1-7-39-30-32-44(34-41(39)9-3)48-26-19-27-49(45-33-31-40(8-2)42(10-4)35-45)58(48)46-22-18-23-47(36-46)60-63-59(43-20-12-11-13-21-43)64-61(65-60)66-56-29-17-15-25-51(56)53-37-52-50-24-14-16-28-54(50)62(5,6)55(52)38-57(53)66/h2*1-4,11-38H,5-6H3. The normalized spacial score (nSPS) is 12.2. The maximum absolute atomic E-state index is 6.18. The molecule has 0 aliphatic heterocycles. The lowest BCUT2D eigenvalue weighted by atomic mass is 9.82. The highest BCUT2D eigenvalue weighted by Crippen LogP contribution is 2.54. The molecular weight excluding hydrogens is 1600 g/mol. The third kappa shape index (κ3) is 13.5. The highest BCUT2D eigenvalue weighted by atomic mass is 15.2.